The van der Waals surface area contributed by atoms with Gasteiger partial charge in [0.15, 0.2) is 0 Å². The van der Waals surface area contributed by atoms with Gasteiger partial charge in [-0.05, 0) is 60.5 Å². The summed E-state index contributed by atoms with van der Waals surface area (Å²) >= 11 is 0. The number of fused-ring (bicyclic) bond motifs is 1. The van der Waals surface area contributed by atoms with Crippen molar-refractivity contribution in [1.82, 2.24) is 5.43 Å². The Morgan fingerprint density at radius 3 is 2.56 bits per heavy atom. The summed E-state index contributed by atoms with van der Waals surface area (Å²) in [5, 5.41) is 9.52. The van der Waals surface area contributed by atoms with Gasteiger partial charge < -0.3 is 10.1 Å². The molecule has 3 aromatic rings. The van der Waals surface area contributed by atoms with E-state index >= 15 is 0 Å². The Labute approximate surface area is 159 Å². The second-order valence-electron chi connectivity index (χ2n) is 6.16. The number of rotatable bonds is 7. The molecule has 1 unspecified atom stereocenters. The summed E-state index contributed by atoms with van der Waals surface area (Å²) < 4.78 is 5.41. The van der Waals surface area contributed by atoms with Crippen LogP contribution in [0.25, 0.3) is 10.8 Å². The van der Waals surface area contributed by atoms with Crippen LogP contribution >= 0.6 is 0 Å². The minimum absolute atomic E-state index is 0.207. The maximum Gasteiger partial charge on any atom is 0.262 e. The van der Waals surface area contributed by atoms with Gasteiger partial charge in [0.2, 0.25) is 0 Å². The first kappa shape index (κ1) is 18.5. The van der Waals surface area contributed by atoms with E-state index in [0.717, 1.165) is 22.4 Å². The first-order valence-corrected chi connectivity index (χ1v) is 8.97. The van der Waals surface area contributed by atoms with Crippen molar-refractivity contribution in [3.05, 3.63) is 72.3 Å². The normalized spacial score (nSPS) is 12.1. The summed E-state index contributed by atoms with van der Waals surface area (Å²) in [7, 11) is 0. The fourth-order valence-corrected chi connectivity index (χ4v) is 2.68. The lowest BCUT2D eigenvalue weighted by Crippen LogP contribution is -2.34. The SMILES string of the molecule is CCOc1ccc(NC(C)C(=O)NN=Cc2ccc3ccccc3c2)cc1. The summed E-state index contributed by atoms with van der Waals surface area (Å²) in [6.07, 6.45) is 1.65. The van der Waals surface area contributed by atoms with Crippen molar-refractivity contribution < 1.29 is 9.53 Å². The van der Waals surface area contributed by atoms with Crippen molar-refractivity contribution in [2.45, 2.75) is 19.9 Å². The van der Waals surface area contributed by atoms with Gasteiger partial charge in [-0.1, -0.05) is 36.4 Å². The van der Waals surface area contributed by atoms with Crippen LogP contribution in [0.1, 0.15) is 19.4 Å². The highest BCUT2D eigenvalue weighted by molar-refractivity contribution is 5.91. The van der Waals surface area contributed by atoms with Crippen LogP contribution in [-0.2, 0) is 4.79 Å². The molecule has 0 spiro atoms. The summed E-state index contributed by atoms with van der Waals surface area (Å²) in [5.41, 5.74) is 4.35. The summed E-state index contributed by atoms with van der Waals surface area (Å²) in [5.74, 6) is 0.598. The van der Waals surface area contributed by atoms with Gasteiger partial charge in [-0.25, -0.2) is 5.43 Å². The van der Waals surface area contributed by atoms with Gasteiger partial charge in [0, 0.05) is 5.69 Å². The summed E-state index contributed by atoms with van der Waals surface area (Å²) in [6.45, 7) is 4.36. The lowest BCUT2D eigenvalue weighted by molar-refractivity contribution is -0.121. The second kappa shape index (κ2) is 8.85. The number of hydrazone groups is 1. The van der Waals surface area contributed by atoms with Gasteiger partial charge in [0.1, 0.15) is 11.8 Å². The molecule has 2 N–H and O–H groups in total. The molecule has 5 nitrogen and oxygen atoms in total. The molecule has 0 radical (unpaired) electrons. The number of ether oxygens (including phenoxy) is 1. The van der Waals surface area contributed by atoms with Crippen molar-refractivity contribution in [2.24, 2.45) is 5.10 Å². The standard InChI is InChI=1S/C22H23N3O2/c1-3-27-21-12-10-20(11-13-21)24-16(2)22(26)25-23-15-17-8-9-18-6-4-5-7-19(18)14-17/h4-16,24H,3H2,1-2H3,(H,25,26). The molecular weight excluding hydrogens is 338 g/mol. The quantitative estimate of drug-likeness (QED) is 0.490. The highest BCUT2D eigenvalue weighted by Gasteiger charge is 2.11. The fourth-order valence-electron chi connectivity index (χ4n) is 2.68. The van der Waals surface area contributed by atoms with Crippen molar-refractivity contribution in [2.75, 3.05) is 11.9 Å². The average molecular weight is 361 g/mol. The van der Waals surface area contributed by atoms with Crippen LogP contribution in [0.2, 0.25) is 0 Å². The molecule has 0 aromatic heterocycles. The van der Waals surface area contributed by atoms with Gasteiger partial charge in [0.25, 0.3) is 5.91 Å². The van der Waals surface area contributed by atoms with E-state index in [1.165, 1.54) is 5.39 Å². The van der Waals surface area contributed by atoms with Gasteiger partial charge in [-0.2, -0.15) is 5.10 Å². The zero-order valence-electron chi connectivity index (χ0n) is 15.5. The maximum atomic E-state index is 12.2. The van der Waals surface area contributed by atoms with E-state index < -0.39 is 6.04 Å². The Morgan fingerprint density at radius 2 is 1.81 bits per heavy atom. The molecule has 0 saturated heterocycles. The van der Waals surface area contributed by atoms with E-state index in [1.54, 1.807) is 13.1 Å². The molecule has 0 saturated carbocycles. The third-order valence-electron chi connectivity index (χ3n) is 4.10. The predicted molar refractivity (Wildman–Crippen MR) is 110 cm³/mol. The van der Waals surface area contributed by atoms with Crippen molar-refractivity contribution in [3.8, 4) is 5.75 Å². The zero-order valence-corrected chi connectivity index (χ0v) is 15.5. The third-order valence-corrected chi connectivity index (χ3v) is 4.10. The first-order chi connectivity index (χ1) is 13.2. The molecule has 0 aliphatic heterocycles. The second-order valence-corrected chi connectivity index (χ2v) is 6.16. The minimum atomic E-state index is -0.420. The van der Waals surface area contributed by atoms with Crippen LogP contribution in [0.5, 0.6) is 5.75 Å². The van der Waals surface area contributed by atoms with Gasteiger partial charge >= 0.3 is 0 Å². The number of hydrogen-bond acceptors (Lipinski definition) is 4. The number of benzene rings is 3. The highest BCUT2D eigenvalue weighted by Crippen LogP contribution is 2.16. The number of hydrogen-bond donors (Lipinski definition) is 2. The molecule has 0 heterocycles. The van der Waals surface area contributed by atoms with Crippen LogP contribution in [0, 0.1) is 0 Å². The topological polar surface area (TPSA) is 62.7 Å². The summed E-state index contributed by atoms with van der Waals surface area (Å²) in [4.78, 5) is 12.2. The largest absolute Gasteiger partial charge is 0.494 e. The molecule has 27 heavy (non-hydrogen) atoms. The summed E-state index contributed by atoms with van der Waals surface area (Å²) in [6, 6.07) is 21.2. The van der Waals surface area contributed by atoms with Gasteiger partial charge in [-0.3, -0.25) is 4.79 Å². The van der Waals surface area contributed by atoms with E-state index in [1.807, 2.05) is 67.6 Å². The Morgan fingerprint density at radius 1 is 1.07 bits per heavy atom. The van der Waals surface area contributed by atoms with Crippen molar-refractivity contribution >= 4 is 28.6 Å². The van der Waals surface area contributed by atoms with Crippen molar-refractivity contribution in [1.29, 1.82) is 0 Å². The molecule has 0 fully saturated rings. The average Bonchev–Trinajstić information content (AvgIpc) is 2.69. The number of carbonyl (C=O) groups excluding carboxylic acids is 1. The lowest BCUT2D eigenvalue weighted by Gasteiger charge is -2.14. The Hall–Kier alpha value is -3.34. The molecule has 0 aliphatic rings. The van der Waals surface area contributed by atoms with E-state index in [2.05, 4.69) is 21.9 Å². The molecule has 0 bridgehead atoms. The molecule has 0 aliphatic carbocycles. The van der Waals surface area contributed by atoms with Crippen LogP contribution in [0.4, 0.5) is 5.69 Å². The van der Waals surface area contributed by atoms with Crippen LogP contribution < -0.4 is 15.5 Å². The number of nitrogens with one attached hydrogen (secondary N) is 2. The molecule has 138 valence electrons. The minimum Gasteiger partial charge on any atom is -0.494 e. The smallest absolute Gasteiger partial charge is 0.262 e. The Kier molecular flexibility index (Phi) is 6.05. The fraction of sp³-hybridized carbons (Fsp3) is 0.182. The van der Waals surface area contributed by atoms with E-state index in [0.29, 0.717) is 6.61 Å². The van der Waals surface area contributed by atoms with E-state index in [4.69, 9.17) is 4.74 Å². The first-order valence-electron chi connectivity index (χ1n) is 8.97. The molecule has 5 heteroatoms. The lowest BCUT2D eigenvalue weighted by atomic mass is 10.1. The maximum absolute atomic E-state index is 12.2. The predicted octanol–water partition coefficient (Wildman–Crippen LogP) is 4.19. The molecular formula is C22H23N3O2. The molecule has 3 aromatic carbocycles. The number of amides is 1. The monoisotopic (exact) mass is 361 g/mol. The van der Waals surface area contributed by atoms with Crippen LogP contribution in [0.15, 0.2) is 71.8 Å². The number of carbonyl (C=O) groups is 1. The van der Waals surface area contributed by atoms with Gasteiger partial charge in [0.05, 0.1) is 12.8 Å². The Bertz CT molecular complexity index is 936. The van der Waals surface area contributed by atoms with E-state index in [-0.39, 0.29) is 5.91 Å². The number of nitrogens with zero attached hydrogens (tertiary/aromatic N) is 1. The van der Waals surface area contributed by atoms with Gasteiger partial charge in [-0.15, -0.1) is 0 Å². The third kappa shape index (κ3) is 5.07. The van der Waals surface area contributed by atoms with Crippen molar-refractivity contribution in [3.63, 3.8) is 0 Å². The highest BCUT2D eigenvalue weighted by atomic mass is 16.5. The molecule has 3 rings (SSSR count). The zero-order chi connectivity index (χ0) is 19.1. The van der Waals surface area contributed by atoms with Crippen LogP contribution in [-0.4, -0.2) is 24.8 Å². The molecule has 1 atom stereocenters. The van der Waals surface area contributed by atoms with E-state index in [9.17, 15) is 4.79 Å². The van der Waals surface area contributed by atoms with Crippen LogP contribution in [0.3, 0.4) is 0 Å². The molecule has 1 amide bonds. The number of anilines is 1. The Balaban J connectivity index is 1.54.